The first-order valence-electron chi connectivity index (χ1n) is 5.00. The zero-order valence-electron chi connectivity index (χ0n) is 9.66. The first-order chi connectivity index (χ1) is 6.77. The number of aryl methyl sites for hydroxylation is 1. The third-order valence-electron chi connectivity index (χ3n) is 1.43. The summed E-state index contributed by atoms with van der Waals surface area (Å²) in [5.41, 5.74) is 1.08. The van der Waals surface area contributed by atoms with Crippen molar-refractivity contribution in [3.63, 3.8) is 0 Å². The Morgan fingerprint density at radius 3 is 2.14 bits per heavy atom. The molecular weight excluding hydrogens is 190 g/mol. The Morgan fingerprint density at radius 2 is 1.64 bits per heavy atom. The predicted octanol–water partition coefficient (Wildman–Crippen LogP) is 4.54. The van der Waals surface area contributed by atoms with Crippen LogP contribution in [0.15, 0.2) is 12.2 Å². The van der Waals surface area contributed by atoms with E-state index in [1.54, 1.807) is 11.3 Å². The molecule has 0 radical (unpaired) electrons. The summed E-state index contributed by atoms with van der Waals surface area (Å²) >= 11 is 1.73. The minimum Gasteiger partial charge on any atom is -0.242 e. The fourth-order valence-electron chi connectivity index (χ4n) is 1.01. The second kappa shape index (κ2) is 7.51. The average Bonchev–Trinajstić information content (AvgIpc) is 2.51. The highest BCUT2D eigenvalue weighted by Gasteiger charge is 2.01. The van der Waals surface area contributed by atoms with E-state index in [0.717, 1.165) is 10.7 Å². The molecule has 0 atom stereocenters. The van der Waals surface area contributed by atoms with Gasteiger partial charge in [0, 0.05) is 0 Å². The van der Waals surface area contributed by atoms with Gasteiger partial charge in [-0.3, -0.25) is 0 Å². The van der Waals surface area contributed by atoms with Crippen molar-refractivity contribution in [3.8, 4) is 0 Å². The van der Waals surface area contributed by atoms with Gasteiger partial charge < -0.3 is 0 Å². The summed E-state index contributed by atoms with van der Waals surface area (Å²) in [4.78, 5) is 5.64. The minimum atomic E-state index is 1.08. The van der Waals surface area contributed by atoms with Crippen LogP contribution >= 0.6 is 11.3 Å². The summed E-state index contributed by atoms with van der Waals surface area (Å²) in [6, 6.07) is 0. The van der Waals surface area contributed by atoms with E-state index in [2.05, 4.69) is 11.1 Å². The molecule has 0 aliphatic carbocycles. The molecule has 1 rings (SSSR count). The van der Waals surface area contributed by atoms with Crippen LogP contribution in [0.4, 0.5) is 0 Å². The van der Waals surface area contributed by atoms with Gasteiger partial charge >= 0.3 is 0 Å². The first-order valence-corrected chi connectivity index (χ1v) is 5.82. The monoisotopic (exact) mass is 209 g/mol. The maximum absolute atomic E-state index is 4.40. The number of hydrogen-bond acceptors (Lipinski definition) is 2. The summed E-state index contributed by atoms with van der Waals surface area (Å²) in [6.45, 7) is 10.1. The second-order valence-electron chi connectivity index (χ2n) is 2.48. The fourth-order valence-corrected chi connectivity index (χ4v) is 1.89. The van der Waals surface area contributed by atoms with Crippen LogP contribution in [0.5, 0.6) is 0 Å². The van der Waals surface area contributed by atoms with Crippen molar-refractivity contribution in [2.75, 3.05) is 0 Å². The van der Waals surface area contributed by atoms with Crippen LogP contribution in [0.3, 0.4) is 0 Å². The average molecular weight is 209 g/mol. The number of rotatable bonds is 2. The van der Waals surface area contributed by atoms with Crippen molar-refractivity contribution < 1.29 is 0 Å². The molecule has 0 fully saturated rings. The van der Waals surface area contributed by atoms with E-state index >= 15 is 0 Å². The third-order valence-corrected chi connectivity index (χ3v) is 2.38. The lowest BCUT2D eigenvalue weighted by Gasteiger charge is -1.86. The van der Waals surface area contributed by atoms with Crippen LogP contribution < -0.4 is 0 Å². The summed E-state index contributed by atoms with van der Waals surface area (Å²) in [7, 11) is 0. The number of thiazole rings is 1. The third kappa shape index (κ3) is 3.88. The van der Waals surface area contributed by atoms with E-state index in [-0.39, 0.29) is 0 Å². The normalized spacial score (nSPS) is 10.6. The Balaban J connectivity index is 0.000000791. The van der Waals surface area contributed by atoms with E-state index in [0.29, 0.717) is 0 Å². The highest BCUT2D eigenvalue weighted by Crippen LogP contribution is 2.20. The molecule has 0 aromatic carbocycles. The number of aromatic nitrogens is 1. The molecule has 0 N–H and O–H groups in total. The Bertz CT molecular complexity index is 279. The highest BCUT2D eigenvalue weighted by molar-refractivity contribution is 7.12. The van der Waals surface area contributed by atoms with E-state index in [4.69, 9.17) is 0 Å². The number of nitrogens with zero attached hydrogens (tertiary/aromatic N) is 1. The van der Waals surface area contributed by atoms with Crippen LogP contribution in [0.1, 0.15) is 43.3 Å². The smallest absolute Gasteiger partial charge is 0.0907 e. The van der Waals surface area contributed by atoms with Crippen molar-refractivity contribution >= 4 is 23.5 Å². The van der Waals surface area contributed by atoms with Gasteiger partial charge in [-0.25, -0.2) is 4.98 Å². The second-order valence-corrected chi connectivity index (χ2v) is 3.72. The Labute approximate surface area is 91.2 Å². The summed E-state index contributed by atoms with van der Waals surface area (Å²) in [5, 5.41) is 1.12. The number of hydrogen-bond donors (Lipinski definition) is 0. The van der Waals surface area contributed by atoms with Gasteiger partial charge in [-0.1, -0.05) is 26.0 Å². The van der Waals surface area contributed by atoms with Crippen LogP contribution in [-0.2, 0) is 0 Å². The van der Waals surface area contributed by atoms with Crippen LogP contribution in [0.2, 0.25) is 0 Å². The summed E-state index contributed by atoms with van der Waals surface area (Å²) in [6.07, 6.45) is 8.19. The zero-order valence-corrected chi connectivity index (χ0v) is 10.5. The first kappa shape index (κ1) is 13.1. The summed E-state index contributed by atoms with van der Waals surface area (Å²) < 4.78 is 0. The maximum atomic E-state index is 4.40. The SMILES string of the molecule is C/C=C\c1nc(C)sc1/C=C\C.CC. The molecule has 1 heterocycles. The topological polar surface area (TPSA) is 12.9 Å². The Morgan fingerprint density at radius 1 is 1.07 bits per heavy atom. The lowest BCUT2D eigenvalue weighted by molar-refractivity contribution is 1.27. The zero-order chi connectivity index (χ0) is 11.0. The van der Waals surface area contributed by atoms with Crippen molar-refractivity contribution in [1.29, 1.82) is 0 Å². The molecule has 14 heavy (non-hydrogen) atoms. The molecule has 0 bridgehead atoms. The predicted molar refractivity (Wildman–Crippen MR) is 67.6 cm³/mol. The molecule has 0 saturated heterocycles. The molecule has 1 nitrogen and oxygen atoms in total. The Hall–Kier alpha value is -0.890. The van der Waals surface area contributed by atoms with Gasteiger partial charge in [-0.15, -0.1) is 11.3 Å². The highest BCUT2D eigenvalue weighted by atomic mass is 32.1. The molecule has 0 saturated carbocycles. The van der Waals surface area contributed by atoms with E-state index in [9.17, 15) is 0 Å². The van der Waals surface area contributed by atoms with Gasteiger partial charge in [-0.2, -0.15) is 0 Å². The molecule has 1 aromatic heterocycles. The fraction of sp³-hybridized carbons (Fsp3) is 0.417. The van der Waals surface area contributed by atoms with E-state index in [1.165, 1.54) is 4.88 Å². The number of allylic oxidation sites excluding steroid dienone is 2. The van der Waals surface area contributed by atoms with Gasteiger partial charge in [0.15, 0.2) is 0 Å². The molecule has 0 amide bonds. The molecule has 0 spiro atoms. The lowest BCUT2D eigenvalue weighted by atomic mass is 10.3. The summed E-state index contributed by atoms with van der Waals surface area (Å²) in [5.74, 6) is 0. The quantitative estimate of drug-likeness (QED) is 0.696. The molecule has 0 aliphatic heterocycles. The van der Waals surface area contributed by atoms with Crippen LogP contribution in [0, 0.1) is 6.92 Å². The van der Waals surface area contributed by atoms with Crippen LogP contribution in [-0.4, -0.2) is 4.98 Å². The molecule has 78 valence electrons. The van der Waals surface area contributed by atoms with Crippen molar-refractivity contribution in [3.05, 3.63) is 27.7 Å². The van der Waals surface area contributed by atoms with Gasteiger partial charge in [0.2, 0.25) is 0 Å². The molecule has 2 heteroatoms. The molecular formula is C12H19NS. The van der Waals surface area contributed by atoms with Crippen molar-refractivity contribution in [2.24, 2.45) is 0 Å². The Kier molecular flexibility index (Phi) is 7.03. The van der Waals surface area contributed by atoms with Gasteiger partial charge in [0.1, 0.15) is 0 Å². The minimum absolute atomic E-state index is 1.08. The molecule has 1 aromatic rings. The molecule has 0 unspecified atom stereocenters. The van der Waals surface area contributed by atoms with Crippen LogP contribution in [0.25, 0.3) is 12.2 Å². The van der Waals surface area contributed by atoms with Gasteiger partial charge in [0.05, 0.1) is 15.6 Å². The van der Waals surface area contributed by atoms with Gasteiger partial charge in [0.25, 0.3) is 0 Å². The molecule has 0 aliphatic rings. The maximum Gasteiger partial charge on any atom is 0.0907 e. The standard InChI is InChI=1S/C10H13NS.C2H6/c1-4-6-9-10(7-5-2)12-8(3)11-9;1-2/h4-7H,1-3H3;1-2H3/b6-4-,7-5-;. The van der Waals surface area contributed by atoms with E-state index < -0.39 is 0 Å². The van der Waals surface area contributed by atoms with Crippen molar-refractivity contribution in [1.82, 2.24) is 4.98 Å². The largest absolute Gasteiger partial charge is 0.242 e. The van der Waals surface area contributed by atoms with E-state index in [1.807, 2.05) is 52.8 Å². The van der Waals surface area contributed by atoms with Gasteiger partial charge in [-0.05, 0) is 32.9 Å². The lowest BCUT2D eigenvalue weighted by Crippen LogP contribution is -1.74. The van der Waals surface area contributed by atoms with Crippen molar-refractivity contribution in [2.45, 2.75) is 34.6 Å².